The zero-order valence-corrected chi connectivity index (χ0v) is 25.4. The van der Waals surface area contributed by atoms with Crippen molar-refractivity contribution in [2.24, 2.45) is 0 Å². The Labute approximate surface area is 256 Å². The van der Waals surface area contributed by atoms with Crippen molar-refractivity contribution in [1.29, 1.82) is 0 Å². The third kappa shape index (κ3) is 5.04. The lowest BCUT2D eigenvalue weighted by atomic mass is 9.80. The molecule has 3 atom stereocenters. The number of halogens is 1. The minimum atomic E-state index is -0.615. The van der Waals surface area contributed by atoms with Crippen molar-refractivity contribution in [2.75, 3.05) is 58.0 Å². The van der Waals surface area contributed by atoms with Gasteiger partial charge in [0.2, 0.25) is 5.88 Å². The fraction of sp³-hybridized carbons (Fsp3) is 0.545. The number of β-amino-alcohol motifs (C(OH)–C–C–N with tert-alkyl or cyclic N) is 1. The monoisotopic (exact) mass is 605 g/mol. The van der Waals surface area contributed by atoms with E-state index in [1.807, 2.05) is 4.90 Å². The van der Waals surface area contributed by atoms with Crippen LogP contribution in [0.4, 0.5) is 10.2 Å². The van der Waals surface area contributed by atoms with Crippen LogP contribution in [0.5, 0.6) is 17.6 Å². The Bertz CT molecular complexity index is 1610. The maximum absolute atomic E-state index is 16.9. The molecule has 0 bridgehead atoms. The minimum absolute atomic E-state index is 0.0502. The van der Waals surface area contributed by atoms with Gasteiger partial charge in [-0.15, -0.1) is 0 Å². The van der Waals surface area contributed by atoms with E-state index in [0.717, 1.165) is 42.4 Å². The molecule has 3 saturated heterocycles. The lowest BCUT2D eigenvalue weighted by molar-refractivity contribution is 0.107. The summed E-state index contributed by atoms with van der Waals surface area (Å²) in [6, 6.07) is 3.42. The molecule has 5 heterocycles. The third-order valence-corrected chi connectivity index (χ3v) is 9.69. The molecule has 0 radical (unpaired) electrons. The predicted octanol–water partition coefficient (Wildman–Crippen LogP) is 4.36. The van der Waals surface area contributed by atoms with Gasteiger partial charge in [-0.25, -0.2) is 9.37 Å². The number of methoxy groups -OCH3 is 1. The van der Waals surface area contributed by atoms with E-state index in [9.17, 15) is 10.2 Å². The number of pyridine rings is 1. The van der Waals surface area contributed by atoms with Crippen molar-refractivity contribution in [3.05, 3.63) is 41.2 Å². The van der Waals surface area contributed by atoms with E-state index in [0.29, 0.717) is 69.0 Å². The summed E-state index contributed by atoms with van der Waals surface area (Å²) in [5.74, 6) is 0.328. The van der Waals surface area contributed by atoms with E-state index in [1.54, 1.807) is 12.1 Å². The largest absolute Gasteiger partial charge is 0.508 e. The van der Waals surface area contributed by atoms with E-state index < -0.39 is 17.5 Å². The molecule has 10 nitrogen and oxygen atoms in total. The van der Waals surface area contributed by atoms with Gasteiger partial charge in [-0.1, -0.05) is 19.1 Å². The first-order valence-corrected chi connectivity index (χ1v) is 15.6. The van der Waals surface area contributed by atoms with Gasteiger partial charge in [0.25, 0.3) is 0 Å². The molecule has 0 amide bonds. The third-order valence-electron chi connectivity index (χ3n) is 9.69. The maximum atomic E-state index is 16.9. The Balaban J connectivity index is 1.38. The van der Waals surface area contributed by atoms with Crippen LogP contribution < -0.4 is 14.4 Å². The first-order chi connectivity index (χ1) is 21.3. The number of benzene rings is 1. The van der Waals surface area contributed by atoms with Gasteiger partial charge < -0.3 is 29.3 Å². The molecule has 3 aromatic rings. The van der Waals surface area contributed by atoms with Gasteiger partial charge in [0.1, 0.15) is 34.8 Å². The molecule has 3 aliphatic heterocycles. The molecule has 3 unspecified atom stereocenters. The number of ether oxygens (including phenoxy) is 3. The van der Waals surface area contributed by atoms with E-state index in [1.165, 1.54) is 7.11 Å². The number of phenols is 1. The first kappa shape index (κ1) is 29.2. The number of aromatic hydroxyl groups is 1. The Kier molecular flexibility index (Phi) is 7.58. The molecule has 2 aromatic heterocycles. The minimum Gasteiger partial charge on any atom is -0.508 e. The second-order valence-electron chi connectivity index (χ2n) is 12.8. The number of hydrogen-bond donors (Lipinski definition) is 2. The summed E-state index contributed by atoms with van der Waals surface area (Å²) in [5.41, 5.74) is 3.39. The molecule has 7 rings (SSSR count). The number of hydrogen-bond acceptors (Lipinski definition) is 10. The van der Waals surface area contributed by atoms with Crippen molar-refractivity contribution in [3.8, 4) is 28.9 Å². The molecule has 3 fully saturated rings. The van der Waals surface area contributed by atoms with Gasteiger partial charge in [-0.3, -0.25) is 4.90 Å². The number of anilines is 1. The van der Waals surface area contributed by atoms with E-state index in [2.05, 4.69) is 23.4 Å². The SMILES string of the molecule is C=C1CN2CC(O)CC2(COc2nc(N3CCCOCC3)c3c(OC)nc(-c4cc(O)cc5c4C(C)CCC5)c(F)c3n2)C1. The highest BCUT2D eigenvalue weighted by Gasteiger charge is 2.50. The molecule has 4 aliphatic rings. The van der Waals surface area contributed by atoms with Crippen molar-refractivity contribution < 1.29 is 28.8 Å². The van der Waals surface area contributed by atoms with Crippen LogP contribution in [0.3, 0.4) is 0 Å². The van der Waals surface area contributed by atoms with Gasteiger partial charge in [0.05, 0.1) is 25.4 Å². The van der Waals surface area contributed by atoms with Gasteiger partial charge in [-0.05, 0) is 67.7 Å². The number of nitrogens with zero attached hydrogens (tertiary/aromatic N) is 5. The van der Waals surface area contributed by atoms with Gasteiger partial charge >= 0.3 is 6.01 Å². The molecule has 1 aliphatic carbocycles. The molecule has 0 saturated carbocycles. The van der Waals surface area contributed by atoms with Crippen molar-refractivity contribution in [3.63, 3.8) is 0 Å². The number of aliphatic hydroxyl groups is 1. The molecule has 2 N–H and O–H groups in total. The highest BCUT2D eigenvalue weighted by atomic mass is 19.1. The summed E-state index contributed by atoms with van der Waals surface area (Å²) in [7, 11) is 1.51. The summed E-state index contributed by atoms with van der Waals surface area (Å²) in [5, 5.41) is 21.5. The summed E-state index contributed by atoms with van der Waals surface area (Å²) >= 11 is 0. The average Bonchev–Trinajstić information content (AvgIpc) is 3.29. The van der Waals surface area contributed by atoms with E-state index in [4.69, 9.17) is 24.2 Å². The summed E-state index contributed by atoms with van der Waals surface area (Å²) < 4.78 is 34.8. The normalized spacial score (nSPS) is 25.6. The standard InChI is InChI=1S/C33H40FN5O5/c1-19-14-33(15-23(41)17-39(33)16-19)18-44-32-36-29-26(30(37-32)38-8-5-10-43-11-9-38)31(42-3)35-28(27(29)34)24-13-22(40)12-21-7-4-6-20(2)25(21)24/h12-13,20,23,40-41H,1,4-11,14-18H2,2-3H3. The van der Waals surface area contributed by atoms with Crippen LogP contribution in [0, 0.1) is 5.82 Å². The summed E-state index contributed by atoms with van der Waals surface area (Å²) in [6.07, 6.45) is 4.41. The molecule has 11 heteroatoms. The lowest BCUT2D eigenvalue weighted by Gasteiger charge is -2.31. The quantitative estimate of drug-likeness (QED) is 0.393. The van der Waals surface area contributed by atoms with E-state index in [-0.39, 0.29) is 41.4 Å². The Hall–Kier alpha value is -3.54. The lowest BCUT2D eigenvalue weighted by Crippen LogP contribution is -2.43. The van der Waals surface area contributed by atoms with Crippen molar-refractivity contribution in [1.82, 2.24) is 19.9 Å². The first-order valence-electron chi connectivity index (χ1n) is 15.6. The average molecular weight is 606 g/mol. The second kappa shape index (κ2) is 11.4. The zero-order valence-electron chi connectivity index (χ0n) is 25.4. The number of rotatable bonds is 6. The van der Waals surface area contributed by atoms with Gasteiger partial charge in [0, 0.05) is 38.3 Å². The Morgan fingerprint density at radius 1 is 1.18 bits per heavy atom. The number of aromatic nitrogens is 3. The molecule has 44 heavy (non-hydrogen) atoms. The molecular formula is C33H40FN5O5. The Morgan fingerprint density at radius 2 is 2.05 bits per heavy atom. The topological polar surface area (TPSA) is 113 Å². The van der Waals surface area contributed by atoms with Crippen LogP contribution >= 0.6 is 0 Å². The molecule has 1 aromatic carbocycles. The van der Waals surface area contributed by atoms with Crippen LogP contribution in [0.25, 0.3) is 22.2 Å². The predicted molar refractivity (Wildman–Crippen MR) is 164 cm³/mol. The Morgan fingerprint density at radius 3 is 2.89 bits per heavy atom. The zero-order chi connectivity index (χ0) is 30.6. The fourth-order valence-corrected chi connectivity index (χ4v) is 7.79. The number of phenolic OH excluding ortho intramolecular Hbond substituents is 1. The van der Waals surface area contributed by atoms with Crippen molar-refractivity contribution in [2.45, 2.75) is 63.0 Å². The summed E-state index contributed by atoms with van der Waals surface area (Å²) in [6.45, 7) is 10.2. The molecule has 0 spiro atoms. The highest BCUT2D eigenvalue weighted by Crippen LogP contribution is 2.45. The number of aliphatic hydroxyl groups excluding tert-OH is 1. The fourth-order valence-electron chi connectivity index (χ4n) is 7.79. The summed E-state index contributed by atoms with van der Waals surface area (Å²) in [4.78, 5) is 18.5. The molecule has 234 valence electrons. The van der Waals surface area contributed by atoms with Crippen molar-refractivity contribution >= 4 is 16.7 Å². The van der Waals surface area contributed by atoms with Crippen LogP contribution in [-0.4, -0.2) is 94.8 Å². The number of fused-ring (bicyclic) bond motifs is 3. The van der Waals surface area contributed by atoms with Crippen LogP contribution in [0.2, 0.25) is 0 Å². The maximum Gasteiger partial charge on any atom is 0.319 e. The van der Waals surface area contributed by atoms with Gasteiger partial charge in [0.15, 0.2) is 5.82 Å². The molecular weight excluding hydrogens is 565 g/mol. The van der Waals surface area contributed by atoms with Crippen LogP contribution in [-0.2, 0) is 11.2 Å². The van der Waals surface area contributed by atoms with E-state index >= 15 is 4.39 Å². The highest BCUT2D eigenvalue weighted by molar-refractivity contribution is 5.97. The van der Waals surface area contributed by atoms with Gasteiger partial charge in [-0.2, -0.15) is 9.97 Å². The number of aryl methyl sites for hydroxylation is 1. The van der Waals surface area contributed by atoms with Crippen LogP contribution in [0.15, 0.2) is 24.3 Å². The second-order valence-corrected chi connectivity index (χ2v) is 12.8. The van der Waals surface area contributed by atoms with Crippen LogP contribution in [0.1, 0.15) is 56.1 Å². The smallest absolute Gasteiger partial charge is 0.319 e.